The normalized spacial score (nSPS) is 14.8. The zero-order valence-electron chi connectivity index (χ0n) is 12.3. The van der Waals surface area contributed by atoms with Crippen LogP contribution >= 0.6 is 0 Å². The molecule has 1 aromatic carbocycles. The van der Waals surface area contributed by atoms with E-state index < -0.39 is 23.6 Å². The lowest BCUT2D eigenvalue weighted by Crippen LogP contribution is -2.22. The zero-order chi connectivity index (χ0) is 17.0. The second kappa shape index (κ2) is 6.89. The van der Waals surface area contributed by atoms with Gasteiger partial charge in [-0.25, -0.2) is 0 Å². The van der Waals surface area contributed by atoms with Gasteiger partial charge in [0.1, 0.15) is 0 Å². The molecule has 0 saturated carbocycles. The van der Waals surface area contributed by atoms with E-state index in [1.54, 1.807) is 0 Å². The predicted octanol–water partition coefficient (Wildman–Crippen LogP) is 3.11. The summed E-state index contributed by atoms with van der Waals surface area (Å²) in [5.74, 6) is -1.75. The summed E-state index contributed by atoms with van der Waals surface area (Å²) in [6, 6.07) is 3.23. The molecule has 23 heavy (non-hydrogen) atoms. The van der Waals surface area contributed by atoms with E-state index in [-0.39, 0.29) is 18.5 Å². The lowest BCUT2D eigenvalue weighted by atomic mass is 10.1. The van der Waals surface area contributed by atoms with Gasteiger partial charge < -0.3 is 15.3 Å². The number of hydrogen-bond acceptors (Lipinski definition) is 3. The number of carbonyl (C=O) groups is 2. The van der Waals surface area contributed by atoms with E-state index >= 15 is 0 Å². The Kier molecular flexibility index (Phi) is 5.12. The summed E-state index contributed by atoms with van der Waals surface area (Å²) < 4.78 is 38.6. The van der Waals surface area contributed by atoms with Gasteiger partial charge in [0.2, 0.25) is 5.91 Å². The quantitative estimate of drug-likeness (QED) is 0.870. The molecular weight excluding hydrogens is 313 g/mol. The van der Waals surface area contributed by atoms with Crippen LogP contribution < -0.4 is 10.2 Å². The van der Waals surface area contributed by atoms with Gasteiger partial charge >= 0.3 is 12.1 Å². The number of hydrogen-bond donors (Lipinski definition) is 2. The Hall–Kier alpha value is -2.25. The fraction of sp³-hybridized carbons (Fsp3) is 0.467. The van der Waals surface area contributed by atoms with Gasteiger partial charge in [-0.3, -0.25) is 9.59 Å². The molecule has 1 aromatic rings. The van der Waals surface area contributed by atoms with Crippen LogP contribution in [-0.4, -0.2) is 30.1 Å². The van der Waals surface area contributed by atoms with Crippen molar-refractivity contribution in [1.29, 1.82) is 0 Å². The second-order valence-electron chi connectivity index (χ2n) is 5.37. The van der Waals surface area contributed by atoms with Crippen molar-refractivity contribution < 1.29 is 27.9 Å². The summed E-state index contributed by atoms with van der Waals surface area (Å²) in [5.41, 5.74) is -0.259. The largest absolute Gasteiger partial charge is 0.481 e. The van der Waals surface area contributed by atoms with Crippen molar-refractivity contribution in [1.82, 2.24) is 0 Å². The number of anilines is 2. The molecule has 1 fully saturated rings. The molecule has 0 aliphatic carbocycles. The molecular formula is C15H17F3N2O3. The second-order valence-corrected chi connectivity index (χ2v) is 5.37. The molecule has 1 aliphatic heterocycles. The lowest BCUT2D eigenvalue weighted by Gasteiger charge is -2.23. The highest BCUT2D eigenvalue weighted by molar-refractivity contribution is 5.95. The molecule has 1 aliphatic rings. The number of carboxylic acids is 1. The van der Waals surface area contributed by atoms with Crippen LogP contribution in [0.4, 0.5) is 24.5 Å². The average molecular weight is 330 g/mol. The maximum Gasteiger partial charge on any atom is 0.416 e. The van der Waals surface area contributed by atoms with Gasteiger partial charge in [-0.1, -0.05) is 0 Å². The minimum atomic E-state index is -4.51. The summed E-state index contributed by atoms with van der Waals surface area (Å²) in [6.45, 7) is 1.42. The van der Waals surface area contributed by atoms with Crippen molar-refractivity contribution in [3.63, 3.8) is 0 Å². The van der Waals surface area contributed by atoms with Crippen molar-refractivity contribution in [3.05, 3.63) is 23.8 Å². The number of nitrogens with zero attached hydrogens (tertiary/aromatic N) is 1. The highest BCUT2D eigenvalue weighted by Gasteiger charge is 2.32. The molecule has 0 spiro atoms. The number of alkyl halides is 3. The molecule has 8 heteroatoms. The van der Waals surface area contributed by atoms with Crippen LogP contribution in [0.5, 0.6) is 0 Å². The molecule has 126 valence electrons. The van der Waals surface area contributed by atoms with Crippen LogP contribution in [0.3, 0.4) is 0 Å². The minimum absolute atomic E-state index is 0.0668. The van der Waals surface area contributed by atoms with Crippen molar-refractivity contribution >= 4 is 23.3 Å². The Morgan fingerprint density at radius 1 is 1.17 bits per heavy atom. The number of rotatable bonds is 5. The van der Waals surface area contributed by atoms with E-state index in [1.165, 1.54) is 6.07 Å². The number of nitrogens with one attached hydrogen (secondary N) is 1. The van der Waals surface area contributed by atoms with Gasteiger partial charge in [-0.2, -0.15) is 13.2 Å². The first kappa shape index (κ1) is 17.1. The number of aliphatic carboxylic acids is 1. The van der Waals surface area contributed by atoms with E-state index in [1.807, 2.05) is 4.90 Å². The maximum atomic E-state index is 12.9. The maximum absolute atomic E-state index is 12.9. The number of amides is 1. The monoisotopic (exact) mass is 330 g/mol. The molecule has 0 aromatic heterocycles. The Labute approximate surface area is 131 Å². The summed E-state index contributed by atoms with van der Waals surface area (Å²) >= 11 is 0. The molecule has 2 rings (SSSR count). The van der Waals surface area contributed by atoms with E-state index in [0.29, 0.717) is 18.8 Å². The Morgan fingerprint density at radius 2 is 1.83 bits per heavy atom. The van der Waals surface area contributed by atoms with Crippen molar-refractivity contribution in [2.24, 2.45) is 0 Å². The highest BCUT2D eigenvalue weighted by atomic mass is 19.4. The van der Waals surface area contributed by atoms with Crippen LogP contribution in [0.15, 0.2) is 18.2 Å². The van der Waals surface area contributed by atoms with Crippen LogP contribution in [0.2, 0.25) is 0 Å². The molecule has 0 radical (unpaired) electrons. The molecule has 2 N–H and O–H groups in total. The first-order valence-electron chi connectivity index (χ1n) is 7.25. The summed E-state index contributed by atoms with van der Waals surface area (Å²) in [6.07, 6.45) is -3.29. The molecule has 5 nitrogen and oxygen atoms in total. The molecule has 0 unspecified atom stereocenters. The van der Waals surface area contributed by atoms with Crippen molar-refractivity contribution in [3.8, 4) is 0 Å². The SMILES string of the molecule is O=C(O)CCC(=O)Nc1cc(C(F)(F)F)ccc1N1CCCC1. The van der Waals surface area contributed by atoms with Crippen molar-refractivity contribution in [2.75, 3.05) is 23.3 Å². The van der Waals surface area contributed by atoms with Gasteiger partial charge in [0.15, 0.2) is 0 Å². The topological polar surface area (TPSA) is 69.6 Å². The summed E-state index contributed by atoms with van der Waals surface area (Å²) in [7, 11) is 0. The first-order valence-corrected chi connectivity index (χ1v) is 7.25. The third-order valence-electron chi connectivity index (χ3n) is 3.61. The van der Waals surface area contributed by atoms with Gasteiger partial charge in [-0.05, 0) is 31.0 Å². The number of benzene rings is 1. The van der Waals surface area contributed by atoms with Gasteiger partial charge in [0.05, 0.1) is 23.4 Å². The average Bonchev–Trinajstić information content (AvgIpc) is 2.98. The predicted molar refractivity (Wildman–Crippen MR) is 78.4 cm³/mol. The van der Waals surface area contributed by atoms with Crippen LogP contribution in [0, 0.1) is 0 Å². The van der Waals surface area contributed by atoms with Gasteiger partial charge in [0.25, 0.3) is 0 Å². The Morgan fingerprint density at radius 3 is 2.39 bits per heavy atom. The zero-order valence-corrected chi connectivity index (χ0v) is 12.3. The summed E-state index contributed by atoms with van der Waals surface area (Å²) in [4.78, 5) is 24.2. The number of halogens is 3. The highest BCUT2D eigenvalue weighted by Crippen LogP contribution is 2.36. The Balaban J connectivity index is 2.24. The Bertz CT molecular complexity index is 596. The fourth-order valence-corrected chi connectivity index (χ4v) is 2.48. The van der Waals surface area contributed by atoms with Crippen LogP contribution in [-0.2, 0) is 15.8 Å². The van der Waals surface area contributed by atoms with E-state index in [0.717, 1.165) is 25.0 Å². The standard InChI is InChI=1S/C15H17F3N2O3/c16-15(17,18)10-3-4-12(20-7-1-2-8-20)11(9-10)19-13(21)5-6-14(22)23/h3-4,9H,1-2,5-8H2,(H,19,21)(H,22,23). The van der Waals surface area contributed by atoms with E-state index in [2.05, 4.69) is 5.32 Å². The van der Waals surface area contributed by atoms with Gasteiger partial charge in [0, 0.05) is 19.5 Å². The third-order valence-corrected chi connectivity index (χ3v) is 3.61. The number of carboxylic acid groups (broad SMARTS) is 1. The molecule has 1 amide bonds. The molecule has 1 saturated heterocycles. The van der Waals surface area contributed by atoms with E-state index in [9.17, 15) is 22.8 Å². The lowest BCUT2D eigenvalue weighted by molar-refractivity contribution is -0.138. The van der Waals surface area contributed by atoms with Crippen LogP contribution in [0.25, 0.3) is 0 Å². The van der Waals surface area contributed by atoms with E-state index in [4.69, 9.17) is 5.11 Å². The molecule has 0 bridgehead atoms. The fourth-order valence-electron chi connectivity index (χ4n) is 2.48. The molecule has 1 heterocycles. The first-order chi connectivity index (χ1) is 10.8. The molecule has 0 atom stereocenters. The number of carbonyl (C=O) groups excluding carboxylic acids is 1. The summed E-state index contributed by atoms with van der Waals surface area (Å²) in [5, 5.41) is 11.0. The smallest absolute Gasteiger partial charge is 0.416 e. The van der Waals surface area contributed by atoms with Crippen molar-refractivity contribution in [2.45, 2.75) is 31.9 Å². The minimum Gasteiger partial charge on any atom is -0.481 e. The third kappa shape index (κ3) is 4.61. The van der Waals surface area contributed by atoms with Gasteiger partial charge in [-0.15, -0.1) is 0 Å². The van der Waals surface area contributed by atoms with Crippen LogP contribution in [0.1, 0.15) is 31.2 Å².